The van der Waals surface area contributed by atoms with Gasteiger partial charge >= 0.3 is 5.97 Å². The number of imide groups is 1. The Labute approximate surface area is 189 Å². The molecule has 0 radical (unpaired) electrons. The predicted molar refractivity (Wildman–Crippen MR) is 119 cm³/mol. The summed E-state index contributed by atoms with van der Waals surface area (Å²) in [5.74, 6) is -2.66. The smallest absolute Gasteiger partial charge is 0.341 e. The first-order chi connectivity index (χ1) is 15.9. The fourth-order valence-electron chi connectivity index (χ4n) is 3.63. The van der Waals surface area contributed by atoms with Gasteiger partial charge in [-0.15, -0.1) is 0 Å². The number of esters is 1. The monoisotopic (exact) mass is 444 g/mol. The Morgan fingerprint density at radius 2 is 1.67 bits per heavy atom. The summed E-state index contributed by atoms with van der Waals surface area (Å²) in [7, 11) is 1.18. The molecule has 166 valence electrons. The fraction of sp³-hybridized carbons (Fsp3) is 0.120. The number of hydrogen-bond donors (Lipinski definition) is 2. The lowest BCUT2D eigenvalue weighted by molar-refractivity contribution is 0.0595. The molecule has 1 aliphatic rings. The zero-order valence-corrected chi connectivity index (χ0v) is 17.7. The fourth-order valence-corrected chi connectivity index (χ4v) is 3.63. The summed E-state index contributed by atoms with van der Waals surface area (Å²) >= 11 is 0. The molecule has 0 atom stereocenters. The number of hydrogen-bond acceptors (Lipinski definition) is 6. The van der Waals surface area contributed by atoms with Gasteiger partial charge in [0.15, 0.2) is 5.75 Å². The molecular formula is C25H20N2O6. The van der Waals surface area contributed by atoms with Crippen molar-refractivity contribution in [3.63, 3.8) is 0 Å². The van der Waals surface area contributed by atoms with E-state index in [0.717, 1.165) is 5.56 Å². The summed E-state index contributed by atoms with van der Waals surface area (Å²) in [4.78, 5) is 51.2. The maximum atomic E-state index is 12.9. The van der Waals surface area contributed by atoms with Crippen LogP contribution in [0.3, 0.4) is 0 Å². The molecule has 3 aromatic carbocycles. The van der Waals surface area contributed by atoms with E-state index in [-0.39, 0.29) is 34.5 Å². The first-order valence-electron chi connectivity index (χ1n) is 10.2. The molecule has 1 aliphatic heterocycles. The molecule has 3 aromatic rings. The minimum Gasteiger partial charge on any atom is -0.505 e. The number of aromatic hydroxyl groups is 1. The van der Waals surface area contributed by atoms with Gasteiger partial charge < -0.3 is 15.2 Å². The molecule has 0 spiro atoms. The van der Waals surface area contributed by atoms with Crippen molar-refractivity contribution in [1.29, 1.82) is 0 Å². The molecule has 2 N–H and O–H groups in total. The van der Waals surface area contributed by atoms with E-state index in [9.17, 15) is 24.3 Å². The van der Waals surface area contributed by atoms with Crippen LogP contribution in [0.15, 0.2) is 66.7 Å². The maximum absolute atomic E-state index is 12.9. The second-order valence-electron chi connectivity index (χ2n) is 7.41. The molecule has 0 fully saturated rings. The van der Waals surface area contributed by atoms with Crippen molar-refractivity contribution in [3.8, 4) is 5.75 Å². The van der Waals surface area contributed by atoms with E-state index >= 15 is 0 Å². The number of benzene rings is 3. The zero-order chi connectivity index (χ0) is 23.5. The van der Waals surface area contributed by atoms with Crippen molar-refractivity contribution >= 4 is 29.4 Å². The predicted octanol–water partition coefficient (Wildman–Crippen LogP) is 3.27. The first kappa shape index (κ1) is 21.8. The Balaban J connectivity index is 1.52. The molecule has 0 unspecified atom stereocenters. The SMILES string of the molecule is COC(=O)c1cccc(NC(=O)c2ccc3c(c2)C(=O)N(CCc2ccccc2)C3=O)c1O. The Bertz CT molecular complexity index is 1270. The average molecular weight is 444 g/mol. The van der Waals surface area contributed by atoms with Gasteiger partial charge in [-0.3, -0.25) is 19.3 Å². The summed E-state index contributed by atoms with van der Waals surface area (Å²) in [6, 6.07) is 18.0. The summed E-state index contributed by atoms with van der Waals surface area (Å²) in [5.41, 5.74) is 1.42. The van der Waals surface area contributed by atoms with Crippen LogP contribution in [0.1, 0.15) is 47.0 Å². The van der Waals surface area contributed by atoms with Crippen molar-refractivity contribution < 1.29 is 29.0 Å². The normalized spacial score (nSPS) is 12.5. The number of phenols is 1. The number of fused-ring (bicyclic) bond motifs is 1. The van der Waals surface area contributed by atoms with E-state index in [1.54, 1.807) is 0 Å². The lowest BCUT2D eigenvalue weighted by atomic mass is 10.0. The molecule has 3 amide bonds. The van der Waals surface area contributed by atoms with Crippen LogP contribution in [0, 0.1) is 0 Å². The van der Waals surface area contributed by atoms with Crippen LogP contribution in [0.5, 0.6) is 5.75 Å². The van der Waals surface area contributed by atoms with Crippen molar-refractivity contribution in [1.82, 2.24) is 4.90 Å². The largest absolute Gasteiger partial charge is 0.505 e. The third-order valence-electron chi connectivity index (χ3n) is 5.39. The van der Waals surface area contributed by atoms with Gasteiger partial charge in [-0.2, -0.15) is 0 Å². The van der Waals surface area contributed by atoms with Crippen LogP contribution < -0.4 is 5.32 Å². The second-order valence-corrected chi connectivity index (χ2v) is 7.41. The Hall–Kier alpha value is -4.46. The highest BCUT2D eigenvalue weighted by molar-refractivity contribution is 6.22. The average Bonchev–Trinajstić information content (AvgIpc) is 3.08. The lowest BCUT2D eigenvalue weighted by Gasteiger charge is -2.13. The molecule has 0 saturated carbocycles. The van der Waals surface area contributed by atoms with E-state index in [2.05, 4.69) is 10.1 Å². The van der Waals surface area contributed by atoms with Crippen LogP contribution in [0.25, 0.3) is 0 Å². The minimum atomic E-state index is -0.749. The third kappa shape index (κ3) is 4.18. The number of nitrogens with one attached hydrogen (secondary N) is 1. The molecule has 0 saturated heterocycles. The van der Waals surface area contributed by atoms with Gasteiger partial charge in [-0.05, 0) is 42.3 Å². The molecule has 1 heterocycles. The molecule has 0 bridgehead atoms. The van der Waals surface area contributed by atoms with Crippen molar-refractivity contribution in [2.75, 3.05) is 19.0 Å². The van der Waals surface area contributed by atoms with E-state index in [1.165, 1.54) is 48.4 Å². The van der Waals surface area contributed by atoms with Gasteiger partial charge in [0.2, 0.25) is 0 Å². The van der Waals surface area contributed by atoms with Gasteiger partial charge in [-0.1, -0.05) is 36.4 Å². The molecule has 8 heteroatoms. The van der Waals surface area contributed by atoms with Crippen LogP contribution in [-0.4, -0.2) is 47.4 Å². The van der Waals surface area contributed by atoms with Crippen LogP contribution in [-0.2, 0) is 11.2 Å². The number of carbonyl (C=O) groups excluding carboxylic acids is 4. The molecular weight excluding hydrogens is 424 g/mol. The summed E-state index contributed by atoms with van der Waals surface area (Å²) in [6.45, 7) is 0.228. The standard InChI is InChI=1S/C25H20N2O6/c1-33-25(32)18-8-5-9-20(21(18)28)26-22(29)16-10-11-17-19(14-16)24(31)27(23(17)30)13-12-15-6-3-2-4-7-15/h2-11,14,28H,12-13H2,1H3,(H,26,29). The lowest BCUT2D eigenvalue weighted by Crippen LogP contribution is -2.31. The number of carbonyl (C=O) groups is 4. The quantitative estimate of drug-likeness (QED) is 0.343. The zero-order valence-electron chi connectivity index (χ0n) is 17.7. The first-order valence-corrected chi connectivity index (χ1v) is 10.2. The summed E-state index contributed by atoms with van der Waals surface area (Å²) in [6.07, 6.45) is 0.523. The van der Waals surface area contributed by atoms with E-state index in [4.69, 9.17) is 0 Å². The Morgan fingerprint density at radius 1 is 0.939 bits per heavy atom. The molecule has 8 nitrogen and oxygen atoms in total. The van der Waals surface area contributed by atoms with Gasteiger partial charge in [0.25, 0.3) is 17.7 Å². The van der Waals surface area contributed by atoms with Crippen molar-refractivity contribution in [2.24, 2.45) is 0 Å². The summed E-state index contributed by atoms with van der Waals surface area (Å²) < 4.78 is 4.61. The number of methoxy groups -OCH3 is 1. The number of para-hydroxylation sites is 1. The highest BCUT2D eigenvalue weighted by Gasteiger charge is 2.35. The van der Waals surface area contributed by atoms with Gasteiger partial charge in [-0.25, -0.2) is 4.79 Å². The second kappa shape index (κ2) is 8.96. The Kier molecular flexibility index (Phi) is 5.91. The number of anilines is 1. The topological polar surface area (TPSA) is 113 Å². The van der Waals surface area contributed by atoms with Gasteiger partial charge in [0.05, 0.1) is 23.9 Å². The van der Waals surface area contributed by atoms with E-state index in [1.807, 2.05) is 30.3 Å². The molecule has 33 heavy (non-hydrogen) atoms. The highest BCUT2D eigenvalue weighted by Crippen LogP contribution is 2.29. The number of ether oxygens (including phenoxy) is 1. The van der Waals surface area contributed by atoms with Crippen LogP contribution in [0.2, 0.25) is 0 Å². The van der Waals surface area contributed by atoms with E-state index < -0.39 is 29.4 Å². The van der Waals surface area contributed by atoms with Gasteiger partial charge in [0.1, 0.15) is 5.56 Å². The number of amides is 3. The maximum Gasteiger partial charge on any atom is 0.341 e. The van der Waals surface area contributed by atoms with Crippen LogP contribution in [0.4, 0.5) is 5.69 Å². The third-order valence-corrected chi connectivity index (χ3v) is 5.39. The van der Waals surface area contributed by atoms with Crippen LogP contribution >= 0.6 is 0 Å². The molecule has 4 rings (SSSR count). The van der Waals surface area contributed by atoms with E-state index in [0.29, 0.717) is 6.42 Å². The summed E-state index contributed by atoms with van der Waals surface area (Å²) in [5, 5.41) is 12.8. The van der Waals surface area contributed by atoms with Gasteiger partial charge in [0, 0.05) is 12.1 Å². The minimum absolute atomic E-state index is 0.00953. The number of nitrogens with zero attached hydrogens (tertiary/aromatic N) is 1. The Morgan fingerprint density at radius 3 is 2.39 bits per heavy atom. The van der Waals surface area contributed by atoms with Crippen molar-refractivity contribution in [3.05, 3.63) is 94.5 Å². The highest BCUT2D eigenvalue weighted by atomic mass is 16.5. The number of rotatable bonds is 6. The number of phenolic OH excluding ortho intramolecular Hbond substituents is 1. The molecule has 0 aliphatic carbocycles. The van der Waals surface area contributed by atoms with Crippen molar-refractivity contribution in [2.45, 2.75) is 6.42 Å². The molecule has 0 aromatic heterocycles.